The van der Waals surface area contributed by atoms with Crippen molar-refractivity contribution in [3.63, 3.8) is 0 Å². The molecule has 1 saturated carbocycles. The van der Waals surface area contributed by atoms with E-state index < -0.39 is 0 Å². The average Bonchev–Trinajstić information content (AvgIpc) is 3.30. The molecule has 1 aliphatic rings. The second-order valence-corrected chi connectivity index (χ2v) is 7.13. The van der Waals surface area contributed by atoms with Gasteiger partial charge < -0.3 is 10.6 Å². The maximum Gasteiger partial charge on any atom is 0.315 e. The minimum Gasteiger partial charge on any atom is -0.337 e. The number of nitrogens with one attached hydrogen (secondary N) is 2. The number of nitrogens with zero attached hydrogens (tertiary/aromatic N) is 3. The molecule has 134 valence electrons. The molecule has 0 radical (unpaired) electrons. The summed E-state index contributed by atoms with van der Waals surface area (Å²) in [6, 6.07) is 13.8. The lowest BCUT2D eigenvalue weighted by Gasteiger charge is -2.20. The van der Waals surface area contributed by atoms with E-state index in [4.69, 9.17) is 0 Å². The van der Waals surface area contributed by atoms with Crippen LogP contribution in [0, 0.1) is 6.92 Å². The van der Waals surface area contributed by atoms with Crippen LogP contribution in [0.3, 0.4) is 0 Å². The van der Waals surface area contributed by atoms with E-state index in [0.29, 0.717) is 6.54 Å². The van der Waals surface area contributed by atoms with Gasteiger partial charge in [-0.25, -0.2) is 4.79 Å². The molecular weight excluding hydrogens is 326 g/mol. The van der Waals surface area contributed by atoms with Gasteiger partial charge in [-0.05, 0) is 49.9 Å². The minimum absolute atomic E-state index is 0.0908. The van der Waals surface area contributed by atoms with E-state index >= 15 is 0 Å². The number of hydrogen-bond donors (Lipinski definition) is 2. The topological polar surface area (TPSA) is 71.3 Å². The predicted molar refractivity (Wildman–Crippen MR) is 100 cm³/mol. The van der Waals surface area contributed by atoms with Crippen LogP contribution in [0.5, 0.6) is 0 Å². The van der Waals surface area contributed by atoms with Gasteiger partial charge in [-0.15, -0.1) is 10.2 Å². The lowest BCUT2D eigenvalue weighted by molar-refractivity contribution is 0.236. The van der Waals surface area contributed by atoms with Gasteiger partial charge in [-0.2, -0.15) is 0 Å². The Morgan fingerprint density at radius 2 is 1.96 bits per heavy atom. The third-order valence-electron chi connectivity index (χ3n) is 5.23. The van der Waals surface area contributed by atoms with Crippen molar-refractivity contribution in [2.24, 2.45) is 0 Å². The number of carbonyl (C=O) groups is 1. The number of rotatable bonds is 5. The number of urea groups is 1. The smallest absolute Gasteiger partial charge is 0.315 e. The summed E-state index contributed by atoms with van der Waals surface area (Å²) >= 11 is 0. The molecule has 2 heterocycles. The van der Waals surface area contributed by atoms with Crippen molar-refractivity contribution in [1.29, 1.82) is 0 Å². The summed E-state index contributed by atoms with van der Waals surface area (Å²) in [7, 11) is 0. The normalized spacial score (nSPS) is 16.2. The molecule has 1 aliphatic carbocycles. The fraction of sp³-hybridized carbons (Fsp3) is 0.350. The molecule has 0 aliphatic heterocycles. The van der Waals surface area contributed by atoms with Crippen molar-refractivity contribution in [2.45, 2.75) is 38.1 Å². The van der Waals surface area contributed by atoms with Crippen LogP contribution < -0.4 is 10.6 Å². The highest BCUT2D eigenvalue weighted by Crippen LogP contribution is 2.48. The van der Waals surface area contributed by atoms with Crippen LogP contribution in [0.4, 0.5) is 4.79 Å². The molecule has 0 spiro atoms. The van der Waals surface area contributed by atoms with Gasteiger partial charge in [0.1, 0.15) is 0 Å². The van der Waals surface area contributed by atoms with E-state index in [1.807, 2.05) is 35.7 Å². The zero-order chi connectivity index (χ0) is 18.1. The Balaban J connectivity index is 1.39. The monoisotopic (exact) mass is 349 g/mol. The second kappa shape index (κ2) is 6.44. The summed E-state index contributed by atoms with van der Waals surface area (Å²) in [5.74, 6) is 0.718. The number of aromatic nitrogens is 3. The summed E-state index contributed by atoms with van der Waals surface area (Å²) in [5, 5.41) is 14.3. The van der Waals surface area contributed by atoms with Gasteiger partial charge in [0.2, 0.25) is 0 Å². The first-order valence-electron chi connectivity index (χ1n) is 8.99. The first-order valence-corrected chi connectivity index (χ1v) is 8.99. The lowest BCUT2D eigenvalue weighted by Crippen LogP contribution is -2.41. The third kappa shape index (κ3) is 3.03. The molecular formula is C20H23N5O. The van der Waals surface area contributed by atoms with Crippen molar-refractivity contribution in [3.05, 3.63) is 65.6 Å². The van der Waals surface area contributed by atoms with Crippen molar-refractivity contribution in [3.8, 4) is 0 Å². The number of pyridine rings is 1. The van der Waals surface area contributed by atoms with E-state index in [2.05, 4.69) is 52.0 Å². The first kappa shape index (κ1) is 16.6. The van der Waals surface area contributed by atoms with Gasteiger partial charge in [-0.1, -0.05) is 30.3 Å². The van der Waals surface area contributed by atoms with Crippen LogP contribution in [0.1, 0.15) is 42.8 Å². The summed E-state index contributed by atoms with van der Waals surface area (Å²) < 4.78 is 1.89. The van der Waals surface area contributed by atoms with Gasteiger partial charge in [-0.3, -0.25) is 4.40 Å². The molecule has 6 heteroatoms. The Kier molecular flexibility index (Phi) is 4.11. The van der Waals surface area contributed by atoms with Gasteiger partial charge >= 0.3 is 6.03 Å². The van der Waals surface area contributed by atoms with Crippen molar-refractivity contribution in [1.82, 2.24) is 25.2 Å². The molecule has 4 rings (SSSR count). The van der Waals surface area contributed by atoms with E-state index in [1.54, 1.807) is 0 Å². The number of aryl methyl sites for hydroxylation is 1. The Morgan fingerprint density at radius 1 is 1.19 bits per heavy atom. The summed E-state index contributed by atoms with van der Waals surface area (Å²) in [5.41, 5.74) is 3.49. The summed E-state index contributed by atoms with van der Waals surface area (Å²) in [6.45, 7) is 4.70. The largest absolute Gasteiger partial charge is 0.337 e. The highest BCUT2D eigenvalue weighted by molar-refractivity contribution is 5.74. The zero-order valence-corrected chi connectivity index (χ0v) is 15.1. The van der Waals surface area contributed by atoms with Crippen molar-refractivity contribution < 1.29 is 4.79 Å². The predicted octanol–water partition coefficient (Wildman–Crippen LogP) is 3.13. The van der Waals surface area contributed by atoms with Gasteiger partial charge in [0, 0.05) is 18.2 Å². The number of fused-ring (bicyclic) bond motifs is 1. The van der Waals surface area contributed by atoms with Gasteiger partial charge in [0.05, 0.1) is 6.04 Å². The molecule has 0 saturated heterocycles. The second-order valence-electron chi connectivity index (χ2n) is 7.13. The van der Waals surface area contributed by atoms with Crippen LogP contribution in [0.2, 0.25) is 0 Å². The molecule has 26 heavy (non-hydrogen) atoms. The molecule has 2 amide bonds. The van der Waals surface area contributed by atoms with E-state index in [9.17, 15) is 4.79 Å². The van der Waals surface area contributed by atoms with Crippen LogP contribution >= 0.6 is 0 Å². The SMILES string of the molecule is Cc1ccccc1C1(CNC(=O)NC(C)c2nnc3ccccn23)CC1. The number of benzene rings is 1. The maximum absolute atomic E-state index is 12.4. The highest BCUT2D eigenvalue weighted by Gasteiger charge is 2.45. The molecule has 1 unspecified atom stereocenters. The Bertz CT molecular complexity index is 944. The minimum atomic E-state index is -0.235. The lowest BCUT2D eigenvalue weighted by atomic mass is 9.92. The van der Waals surface area contributed by atoms with Crippen LogP contribution in [0.15, 0.2) is 48.7 Å². The van der Waals surface area contributed by atoms with Crippen LogP contribution in [-0.4, -0.2) is 27.2 Å². The third-order valence-corrected chi connectivity index (χ3v) is 5.23. The van der Waals surface area contributed by atoms with E-state index in [-0.39, 0.29) is 17.5 Å². The van der Waals surface area contributed by atoms with Gasteiger partial charge in [0.25, 0.3) is 0 Å². The van der Waals surface area contributed by atoms with Crippen molar-refractivity contribution >= 4 is 11.7 Å². The molecule has 2 aromatic heterocycles. The molecule has 1 aromatic carbocycles. The maximum atomic E-state index is 12.4. The molecule has 1 fully saturated rings. The standard InChI is InChI=1S/C20H23N5O/c1-14-7-3-4-8-16(14)20(10-11-20)13-21-19(26)22-15(2)18-24-23-17-9-5-6-12-25(17)18/h3-9,12,15H,10-11,13H2,1-2H3,(H2,21,22,26). The van der Waals surface area contributed by atoms with E-state index in [0.717, 1.165) is 24.3 Å². The molecule has 1 atom stereocenters. The molecule has 6 nitrogen and oxygen atoms in total. The van der Waals surface area contributed by atoms with Crippen LogP contribution in [0.25, 0.3) is 5.65 Å². The summed E-state index contributed by atoms with van der Waals surface area (Å²) in [4.78, 5) is 12.4. The quantitative estimate of drug-likeness (QED) is 0.743. The zero-order valence-electron chi connectivity index (χ0n) is 15.1. The fourth-order valence-electron chi connectivity index (χ4n) is 3.58. The van der Waals surface area contributed by atoms with Gasteiger partial charge in [0.15, 0.2) is 11.5 Å². The fourth-order valence-corrected chi connectivity index (χ4v) is 3.58. The number of amides is 2. The molecule has 0 bridgehead atoms. The average molecular weight is 349 g/mol. The van der Waals surface area contributed by atoms with E-state index in [1.165, 1.54) is 11.1 Å². The Morgan fingerprint density at radius 3 is 2.73 bits per heavy atom. The number of hydrogen-bond acceptors (Lipinski definition) is 3. The first-order chi connectivity index (χ1) is 12.6. The molecule has 3 aromatic rings. The van der Waals surface area contributed by atoms with Crippen molar-refractivity contribution in [2.75, 3.05) is 6.54 Å². The van der Waals surface area contributed by atoms with Crippen LogP contribution in [-0.2, 0) is 5.41 Å². The molecule has 2 N–H and O–H groups in total. The highest BCUT2D eigenvalue weighted by atomic mass is 16.2. The Labute approximate surface area is 152 Å². The summed E-state index contributed by atoms with van der Waals surface area (Å²) in [6.07, 6.45) is 4.13. The Hall–Kier alpha value is -2.89. The number of carbonyl (C=O) groups excluding carboxylic acids is 1.